The first kappa shape index (κ1) is 13.8. The molecule has 4 heteroatoms. The molecule has 0 saturated carbocycles. The SMILES string of the molecule is COc1cc2c(cc1CO)C(c1ccccc1)=C[NH+]([O-])C2. The summed E-state index contributed by atoms with van der Waals surface area (Å²) in [6, 6.07) is 13.6. The third-order valence-electron chi connectivity index (χ3n) is 3.72. The lowest BCUT2D eigenvalue weighted by Crippen LogP contribution is -3.01. The first-order chi connectivity index (χ1) is 10.2. The van der Waals surface area contributed by atoms with Crippen molar-refractivity contribution in [1.82, 2.24) is 0 Å². The summed E-state index contributed by atoms with van der Waals surface area (Å²) in [5.74, 6) is 0.623. The molecule has 0 spiro atoms. The van der Waals surface area contributed by atoms with Crippen LogP contribution in [0, 0.1) is 5.21 Å². The fourth-order valence-corrected chi connectivity index (χ4v) is 2.71. The van der Waals surface area contributed by atoms with Crippen molar-refractivity contribution in [3.05, 3.63) is 76.1 Å². The van der Waals surface area contributed by atoms with E-state index in [0.29, 0.717) is 12.3 Å². The maximum atomic E-state index is 12.0. The molecule has 0 aromatic heterocycles. The Labute approximate surface area is 123 Å². The summed E-state index contributed by atoms with van der Waals surface area (Å²) in [5, 5.41) is 21.6. The van der Waals surface area contributed by atoms with E-state index in [4.69, 9.17) is 4.74 Å². The average molecular weight is 283 g/mol. The van der Waals surface area contributed by atoms with Crippen molar-refractivity contribution in [2.45, 2.75) is 13.2 Å². The molecular weight excluding hydrogens is 266 g/mol. The van der Waals surface area contributed by atoms with Gasteiger partial charge in [-0.2, -0.15) is 0 Å². The molecule has 108 valence electrons. The number of ether oxygens (including phenoxy) is 1. The highest BCUT2D eigenvalue weighted by molar-refractivity contribution is 5.82. The van der Waals surface area contributed by atoms with E-state index >= 15 is 0 Å². The number of aliphatic hydroxyl groups excluding tert-OH is 1. The minimum Gasteiger partial charge on any atom is -0.629 e. The molecule has 0 amide bonds. The normalized spacial score (nSPS) is 17.1. The Morgan fingerprint density at radius 3 is 2.67 bits per heavy atom. The number of quaternary nitrogens is 1. The van der Waals surface area contributed by atoms with Crippen LogP contribution in [0.1, 0.15) is 22.3 Å². The third kappa shape index (κ3) is 2.56. The van der Waals surface area contributed by atoms with E-state index in [-0.39, 0.29) is 11.7 Å². The number of aliphatic hydroxyl groups is 1. The lowest BCUT2D eigenvalue weighted by atomic mass is 9.90. The number of methoxy groups -OCH3 is 1. The van der Waals surface area contributed by atoms with Gasteiger partial charge in [-0.25, -0.2) is 0 Å². The number of benzene rings is 2. The highest BCUT2D eigenvalue weighted by Gasteiger charge is 2.21. The van der Waals surface area contributed by atoms with Gasteiger partial charge in [-0.15, -0.1) is 0 Å². The molecule has 1 heterocycles. The molecule has 2 aromatic rings. The Morgan fingerprint density at radius 2 is 2.00 bits per heavy atom. The molecule has 1 atom stereocenters. The Bertz CT molecular complexity index is 680. The summed E-state index contributed by atoms with van der Waals surface area (Å²) in [6.07, 6.45) is 1.69. The number of hydrogen-bond donors (Lipinski definition) is 2. The zero-order valence-electron chi connectivity index (χ0n) is 11.8. The molecular formula is C17H17NO3. The molecule has 0 radical (unpaired) electrons. The molecule has 3 rings (SSSR count). The van der Waals surface area contributed by atoms with E-state index in [0.717, 1.165) is 27.8 Å². The number of hydroxylamine groups is 2. The maximum absolute atomic E-state index is 12.0. The van der Waals surface area contributed by atoms with E-state index in [1.165, 1.54) is 0 Å². The Balaban J connectivity index is 2.17. The smallest absolute Gasteiger partial charge is 0.124 e. The first-order valence-corrected chi connectivity index (χ1v) is 6.84. The van der Waals surface area contributed by atoms with E-state index in [2.05, 4.69) is 0 Å². The van der Waals surface area contributed by atoms with Crippen LogP contribution in [-0.4, -0.2) is 12.2 Å². The Hall–Kier alpha value is -2.14. The van der Waals surface area contributed by atoms with Crippen LogP contribution in [0.3, 0.4) is 0 Å². The van der Waals surface area contributed by atoms with Gasteiger partial charge in [0.25, 0.3) is 0 Å². The van der Waals surface area contributed by atoms with E-state index in [1.807, 2.05) is 42.5 Å². The van der Waals surface area contributed by atoms with Gasteiger partial charge in [-0.1, -0.05) is 30.3 Å². The summed E-state index contributed by atoms with van der Waals surface area (Å²) < 4.78 is 5.29. The Morgan fingerprint density at radius 1 is 1.24 bits per heavy atom. The second-order valence-electron chi connectivity index (χ2n) is 5.05. The molecule has 21 heavy (non-hydrogen) atoms. The van der Waals surface area contributed by atoms with Gasteiger partial charge in [-0.3, -0.25) is 0 Å². The molecule has 0 fully saturated rings. The summed E-state index contributed by atoms with van der Waals surface area (Å²) in [7, 11) is 1.57. The predicted molar refractivity (Wildman–Crippen MR) is 80.5 cm³/mol. The van der Waals surface area contributed by atoms with Crippen LogP contribution in [0.25, 0.3) is 5.57 Å². The quantitative estimate of drug-likeness (QED) is 0.839. The van der Waals surface area contributed by atoms with Gasteiger partial charge in [0.1, 0.15) is 18.5 Å². The van der Waals surface area contributed by atoms with Crippen LogP contribution < -0.4 is 9.80 Å². The monoisotopic (exact) mass is 283 g/mol. The number of rotatable bonds is 3. The zero-order valence-corrected chi connectivity index (χ0v) is 11.8. The van der Waals surface area contributed by atoms with Crippen LogP contribution in [0.15, 0.2) is 48.7 Å². The van der Waals surface area contributed by atoms with Crippen LogP contribution in [0.5, 0.6) is 5.75 Å². The topological polar surface area (TPSA) is 57.0 Å². The van der Waals surface area contributed by atoms with Gasteiger partial charge in [0.05, 0.1) is 13.7 Å². The second-order valence-corrected chi connectivity index (χ2v) is 5.05. The molecule has 1 aliphatic heterocycles. The van der Waals surface area contributed by atoms with Gasteiger partial charge in [0.2, 0.25) is 0 Å². The van der Waals surface area contributed by atoms with Gasteiger partial charge in [-0.05, 0) is 23.3 Å². The maximum Gasteiger partial charge on any atom is 0.124 e. The van der Waals surface area contributed by atoms with Crippen LogP contribution in [-0.2, 0) is 13.2 Å². The van der Waals surface area contributed by atoms with Crippen molar-refractivity contribution in [3.63, 3.8) is 0 Å². The Kier molecular flexibility index (Phi) is 3.75. The molecule has 2 aromatic carbocycles. The van der Waals surface area contributed by atoms with Crippen molar-refractivity contribution in [2.24, 2.45) is 0 Å². The molecule has 0 aliphatic carbocycles. The summed E-state index contributed by atoms with van der Waals surface area (Å²) in [4.78, 5) is 0. The average Bonchev–Trinajstić information content (AvgIpc) is 2.53. The fourth-order valence-electron chi connectivity index (χ4n) is 2.71. The van der Waals surface area contributed by atoms with Gasteiger partial charge < -0.3 is 20.1 Å². The first-order valence-electron chi connectivity index (χ1n) is 6.84. The highest BCUT2D eigenvalue weighted by atomic mass is 16.5. The van der Waals surface area contributed by atoms with Crippen molar-refractivity contribution in [2.75, 3.05) is 7.11 Å². The fraction of sp³-hybridized carbons (Fsp3) is 0.176. The van der Waals surface area contributed by atoms with E-state index in [9.17, 15) is 10.3 Å². The van der Waals surface area contributed by atoms with Gasteiger partial charge in [0, 0.05) is 16.7 Å². The van der Waals surface area contributed by atoms with Crippen molar-refractivity contribution in [3.8, 4) is 5.75 Å². The van der Waals surface area contributed by atoms with E-state index < -0.39 is 0 Å². The molecule has 0 bridgehead atoms. The molecule has 2 N–H and O–H groups in total. The zero-order chi connectivity index (χ0) is 14.8. The molecule has 1 unspecified atom stereocenters. The minimum atomic E-state index is -0.0908. The summed E-state index contributed by atoms with van der Waals surface area (Å²) in [5.41, 5.74) is 4.56. The predicted octanol–water partition coefficient (Wildman–Crippen LogP) is 1.47. The minimum absolute atomic E-state index is 0.0835. The molecule has 4 nitrogen and oxygen atoms in total. The second kappa shape index (κ2) is 5.69. The number of nitrogens with one attached hydrogen (secondary N) is 1. The number of hydrogen-bond acceptors (Lipinski definition) is 3. The third-order valence-corrected chi connectivity index (χ3v) is 3.72. The number of fused-ring (bicyclic) bond motifs is 1. The van der Waals surface area contributed by atoms with Gasteiger partial charge >= 0.3 is 0 Å². The standard InChI is InChI=1S/C17H17NO3/c1-21-17-8-13-9-18(20)10-16(12-5-3-2-4-6-12)15(13)7-14(17)11-19/h2-8,10,18-19H,9,11H2,1H3. The van der Waals surface area contributed by atoms with E-state index in [1.54, 1.807) is 13.3 Å². The van der Waals surface area contributed by atoms with Crippen LogP contribution >= 0.6 is 0 Å². The summed E-state index contributed by atoms with van der Waals surface area (Å²) in [6.45, 7) is 0.278. The van der Waals surface area contributed by atoms with Crippen LogP contribution in [0.2, 0.25) is 0 Å². The lowest BCUT2D eigenvalue weighted by molar-refractivity contribution is -0.806. The van der Waals surface area contributed by atoms with Gasteiger partial charge in [0.15, 0.2) is 0 Å². The summed E-state index contributed by atoms with van der Waals surface area (Å²) >= 11 is 0. The lowest BCUT2D eigenvalue weighted by Gasteiger charge is -2.27. The largest absolute Gasteiger partial charge is 0.629 e. The van der Waals surface area contributed by atoms with Crippen LogP contribution in [0.4, 0.5) is 0 Å². The van der Waals surface area contributed by atoms with Crippen molar-refractivity contribution in [1.29, 1.82) is 0 Å². The molecule has 1 aliphatic rings. The molecule has 0 saturated heterocycles. The van der Waals surface area contributed by atoms with Crippen molar-refractivity contribution < 1.29 is 14.9 Å². The van der Waals surface area contributed by atoms with Crippen molar-refractivity contribution >= 4 is 5.57 Å². The highest BCUT2D eigenvalue weighted by Crippen LogP contribution is 2.32.